The topological polar surface area (TPSA) is 29.3 Å². The van der Waals surface area contributed by atoms with Gasteiger partial charge in [0, 0.05) is 5.67 Å². The first-order chi connectivity index (χ1) is 7.43. The summed E-state index contributed by atoms with van der Waals surface area (Å²) in [5.41, 5.74) is 0.498. The highest BCUT2D eigenvalue weighted by Gasteiger charge is 2.57. The predicted octanol–water partition coefficient (Wildman–Crippen LogP) is 3.26. The molecule has 16 heavy (non-hydrogen) atoms. The molecule has 1 rings (SSSR count). The Bertz CT molecular complexity index is 250. The van der Waals surface area contributed by atoms with E-state index >= 15 is 0 Å². The number of ether oxygens (including phenoxy) is 1. The van der Waals surface area contributed by atoms with Gasteiger partial charge in [-0.1, -0.05) is 39.4 Å². The molecule has 0 radical (unpaired) electrons. The maximum atomic E-state index is 11.8. The van der Waals surface area contributed by atoms with Gasteiger partial charge in [-0.3, -0.25) is 0 Å². The average molecular weight is 243 g/mol. The molecule has 1 amide bonds. The summed E-state index contributed by atoms with van der Waals surface area (Å²) in [6.07, 6.45) is 3.45. The lowest BCUT2D eigenvalue weighted by Gasteiger charge is -2.14. The number of hydrogen-bond acceptors (Lipinski definition) is 2. The molecule has 0 aliphatic carbocycles. The zero-order valence-electron chi connectivity index (χ0n) is 11.2. The highest BCUT2D eigenvalue weighted by molar-refractivity contribution is 6.78. The van der Waals surface area contributed by atoms with E-state index in [9.17, 15) is 4.79 Å². The van der Waals surface area contributed by atoms with E-state index in [1.807, 2.05) is 11.8 Å². The zero-order chi connectivity index (χ0) is 12.3. The first-order valence-corrected chi connectivity index (χ1v) is 9.96. The summed E-state index contributed by atoms with van der Waals surface area (Å²) in [6.45, 7) is 11.5. The van der Waals surface area contributed by atoms with Gasteiger partial charge in [-0.15, -0.1) is 0 Å². The van der Waals surface area contributed by atoms with Gasteiger partial charge in [0.25, 0.3) is 0 Å². The molecule has 94 valence electrons. The number of rotatable bonds is 5. The van der Waals surface area contributed by atoms with E-state index in [-0.39, 0.29) is 6.09 Å². The van der Waals surface area contributed by atoms with Crippen molar-refractivity contribution < 1.29 is 9.53 Å². The Morgan fingerprint density at radius 2 is 1.94 bits per heavy atom. The van der Waals surface area contributed by atoms with Crippen LogP contribution in [0.1, 0.15) is 33.1 Å². The summed E-state index contributed by atoms with van der Waals surface area (Å²) in [4.78, 5) is 13.7. The van der Waals surface area contributed by atoms with Gasteiger partial charge in [-0.25, -0.2) is 4.79 Å². The van der Waals surface area contributed by atoms with E-state index in [4.69, 9.17) is 4.74 Å². The lowest BCUT2D eigenvalue weighted by Crippen LogP contribution is -2.34. The lowest BCUT2D eigenvalue weighted by atomic mass is 10.2. The Morgan fingerprint density at radius 3 is 2.38 bits per heavy atom. The number of hydrogen-bond donors (Lipinski definition) is 0. The summed E-state index contributed by atoms with van der Waals surface area (Å²) in [5.74, 6) is 0. The van der Waals surface area contributed by atoms with Gasteiger partial charge in [0.2, 0.25) is 0 Å². The fourth-order valence-corrected chi connectivity index (χ4v) is 4.96. The standard InChI is InChI=1S/C12H25NO2Si/c1-6-8-9-10-11(16(3,4)5)13(10)12(14)15-7-2/h10-11H,6-9H2,1-5H3/t10-,11-,13?/m1/s1. The highest BCUT2D eigenvalue weighted by atomic mass is 28.3. The SMILES string of the molecule is CCCC[C@@H]1[C@@H]([Si](C)(C)C)N1C(=O)OCC. The Hall–Kier alpha value is -0.513. The van der Waals surface area contributed by atoms with Crippen LogP contribution in [0.2, 0.25) is 19.6 Å². The minimum Gasteiger partial charge on any atom is -0.450 e. The average Bonchev–Trinajstić information content (AvgIpc) is 2.88. The summed E-state index contributed by atoms with van der Waals surface area (Å²) in [7, 11) is -1.27. The number of carbonyl (C=O) groups excluding carboxylic acids is 1. The molecule has 0 aromatic heterocycles. The summed E-state index contributed by atoms with van der Waals surface area (Å²) in [6, 6.07) is 0.464. The number of unbranched alkanes of at least 4 members (excludes halogenated alkanes) is 1. The molecule has 1 aliphatic heterocycles. The minimum atomic E-state index is -1.27. The molecule has 4 heteroatoms. The Labute approximate surface area is 100 Å². The number of amides is 1. The highest BCUT2D eigenvalue weighted by Crippen LogP contribution is 2.39. The van der Waals surface area contributed by atoms with Gasteiger partial charge >= 0.3 is 6.09 Å². The van der Waals surface area contributed by atoms with E-state index < -0.39 is 8.07 Å². The van der Waals surface area contributed by atoms with Crippen LogP contribution in [0.4, 0.5) is 4.79 Å². The Kier molecular flexibility index (Phi) is 4.41. The van der Waals surface area contributed by atoms with Gasteiger partial charge in [0.05, 0.1) is 20.7 Å². The van der Waals surface area contributed by atoms with Crippen LogP contribution in [0.5, 0.6) is 0 Å². The van der Waals surface area contributed by atoms with E-state index in [0.717, 1.165) is 6.42 Å². The van der Waals surface area contributed by atoms with Gasteiger partial charge < -0.3 is 9.64 Å². The minimum absolute atomic E-state index is 0.101. The number of nitrogens with zero attached hydrogens (tertiary/aromatic N) is 1. The van der Waals surface area contributed by atoms with Gasteiger partial charge in [0.1, 0.15) is 0 Å². The first kappa shape index (κ1) is 13.6. The van der Waals surface area contributed by atoms with Crippen LogP contribution in [0, 0.1) is 0 Å². The van der Waals surface area contributed by atoms with Crippen LogP contribution in [-0.4, -0.2) is 37.4 Å². The monoisotopic (exact) mass is 243 g/mol. The van der Waals surface area contributed by atoms with Crippen molar-refractivity contribution in [3.8, 4) is 0 Å². The molecule has 0 aromatic carbocycles. The number of carbonyl (C=O) groups is 1. The zero-order valence-corrected chi connectivity index (χ0v) is 12.2. The largest absolute Gasteiger partial charge is 0.450 e. The van der Waals surface area contributed by atoms with E-state index in [2.05, 4.69) is 26.6 Å². The molecular formula is C12H25NO2Si. The third-order valence-electron chi connectivity index (χ3n) is 3.15. The van der Waals surface area contributed by atoms with E-state index in [1.165, 1.54) is 12.8 Å². The third-order valence-corrected chi connectivity index (χ3v) is 5.59. The maximum Gasteiger partial charge on any atom is 0.410 e. The van der Waals surface area contributed by atoms with Gasteiger partial charge in [-0.05, 0) is 13.3 Å². The van der Waals surface area contributed by atoms with Gasteiger partial charge in [-0.2, -0.15) is 0 Å². The molecule has 0 saturated carbocycles. The summed E-state index contributed by atoms with van der Waals surface area (Å²) < 4.78 is 5.11. The second-order valence-corrected chi connectivity index (χ2v) is 11.0. The second kappa shape index (κ2) is 5.21. The van der Waals surface area contributed by atoms with Crippen molar-refractivity contribution in [2.24, 2.45) is 0 Å². The summed E-state index contributed by atoms with van der Waals surface area (Å²) >= 11 is 0. The molecule has 1 aliphatic rings. The third kappa shape index (κ3) is 3.00. The smallest absolute Gasteiger partial charge is 0.410 e. The van der Waals surface area contributed by atoms with Crippen molar-refractivity contribution in [3.05, 3.63) is 0 Å². The molecule has 0 bridgehead atoms. The van der Waals surface area contributed by atoms with Crippen LogP contribution in [0.25, 0.3) is 0 Å². The van der Waals surface area contributed by atoms with Crippen molar-refractivity contribution in [1.82, 2.24) is 4.90 Å². The second-order valence-electron chi connectivity index (χ2n) is 5.63. The molecule has 1 saturated heterocycles. The van der Waals surface area contributed by atoms with Crippen molar-refractivity contribution in [3.63, 3.8) is 0 Å². The van der Waals surface area contributed by atoms with Crippen LogP contribution < -0.4 is 0 Å². The molecule has 0 spiro atoms. The Balaban J connectivity index is 2.58. The first-order valence-electron chi connectivity index (χ1n) is 6.38. The van der Waals surface area contributed by atoms with Crippen molar-refractivity contribution in [2.75, 3.05) is 6.61 Å². The molecule has 0 aromatic rings. The molecule has 0 N–H and O–H groups in total. The quantitative estimate of drug-likeness (QED) is 0.548. The van der Waals surface area contributed by atoms with Crippen LogP contribution in [-0.2, 0) is 4.74 Å². The molecule has 1 fully saturated rings. The molecular weight excluding hydrogens is 218 g/mol. The van der Waals surface area contributed by atoms with E-state index in [0.29, 0.717) is 18.3 Å². The summed E-state index contributed by atoms with van der Waals surface area (Å²) in [5, 5.41) is 0. The lowest BCUT2D eigenvalue weighted by molar-refractivity contribution is 0.133. The normalized spacial score (nSPS) is 24.4. The fourth-order valence-electron chi connectivity index (χ4n) is 2.43. The van der Waals surface area contributed by atoms with Crippen molar-refractivity contribution >= 4 is 14.2 Å². The van der Waals surface area contributed by atoms with Crippen molar-refractivity contribution in [1.29, 1.82) is 0 Å². The fraction of sp³-hybridized carbons (Fsp3) is 0.917. The van der Waals surface area contributed by atoms with Crippen LogP contribution >= 0.6 is 0 Å². The predicted molar refractivity (Wildman–Crippen MR) is 69.3 cm³/mol. The van der Waals surface area contributed by atoms with Crippen LogP contribution in [0.3, 0.4) is 0 Å². The maximum absolute atomic E-state index is 11.8. The molecule has 2 atom stereocenters. The van der Waals surface area contributed by atoms with Crippen LogP contribution in [0.15, 0.2) is 0 Å². The molecule has 1 heterocycles. The van der Waals surface area contributed by atoms with E-state index in [1.54, 1.807) is 0 Å². The molecule has 3 nitrogen and oxygen atoms in total. The Morgan fingerprint density at radius 1 is 1.31 bits per heavy atom. The molecule has 0 unspecified atom stereocenters. The van der Waals surface area contributed by atoms with Crippen molar-refractivity contribution in [2.45, 2.75) is 64.5 Å². The van der Waals surface area contributed by atoms with Gasteiger partial charge in [0.15, 0.2) is 0 Å².